The van der Waals surface area contributed by atoms with Crippen LogP contribution in [0.4, 0.5) is 5.95 Å². The van der Waals surface area contributed by atoms with Crippen LogP contribution in [-0.4, -0.2) is 36.8 Å². The molecule has 0 saturated heterocycles. The first-order valence-electron chi connectivity index (χ1n) is 6.53. The van der Waals surface area contributed by atoms with E-state index in [1.807, 2.05) is 12.1 Å². The molecule has 1 aromatic carbocycles. The first-order chi connectivity index (χ1) is 10.2. The molecule has 2 aromatic heterocycles. The first-order valence-corrected chi connectivity index (χ1v) is 6.53. The zero-order valence-corrected chi connectivity index (χ0v) is 12.1. The average Bonchev–Trinajstić information content (AvgIpc) is 3.00. The van der Waals surface area contributed by atoms with Crippen molar-refractivity contribution in [3.63, 3.8) is 0 Å². The maximum atomic E-state index is 4.47. The normalized spacial score (nSPS) is 10.6. The van der Waals surface area contributed by atoms with Crippen LogP contribution >= 0.6 is 0 Å². The summed E-state index contributed by atoms with van der Waals surface area (Å²) in [5.74, 6) is 1.53. The summed E-state index contributed by atoms with van der Waals surface area (Å²) in [4.78, 5) is 17.1. The van der Waals surface area contributed by atoms with E-state index >= 15 is 0 Å². The Morgan fingerprint density at radius 3 is 2.38 bits per heavy atom. The van der Waals surface area contributed by atoms with Gasteiger partial charge in [-0.2, -0.15) is 24.7 Å². The number of anilines is 1. The van der Waals surface area contributed by atoms with E-state index in [9.17, 15) is 0 Å². The molecule has 1 N–H and O–H groups in total. The number of benzene rings is 1. The summed E-state index contributed by atoms with van der Waals surface area (Å²) < 4.78 is 1.51. The maximum absolute atomic E-state index is 4.47. The van der Waals surface area contributed by atoms with Crippen molar-refractivity contribution >= 4 is 5.95 Å². The van der Waals surface area contributed by atoms with E-state index in [2.05, 4.69) is 50.3 Å². The van der Waals surface area contributed by atoms with Gasteiger partial charge in [0, 0.05) is 12.6 Å². The molecule has 0 fully saturated rings. The number of aromatic nitrogens is 6. The van der Waals surface area contributed by atoms with Gasteiger partial charge >= 0.3 is 0 Å². The van der Waals surface area contributed by atoms with Crippen molar-refractivity contribution < 1.29 is 0 Å². The standard InChI is InChI=1S/C14H15N7/c1-9-4-10(2)6-11(5-9)12-18-13(15-3)20-14(19-12)21-8-16-7-17-21/h4-8H,1-3H3,(H,15,18,19,20). The Bertz CT molecular complexity index is 745. The molecule has 3 rings (SSSR count). The maximum Gasteiger partial charge on any atom is 0.257 e. The second-order valence-electron chi connectivity index (χ2n) is 4.75. The molecule has 0 aliphatic heterocycles. The molecule has 7 heteroatoms. The van der Waals surface area contributed by atoms with Gasteiger partial charge in [0.15, 0.2) is 5.82 Å². The van der Waals surface area contributed by atoms with Gasteiger partial charge in [0.1, 0.15) is 12.7 Å². The summed E-state index contributed by atoms with van der Waals surface area (Å²) in [6.45, 7) is 4.10. The van der Waals surface area contributed by atoms with Crippen LogP contribution in [0.15, 0.2) is 30.9 Å². The quantitative estimate of drug-likeness (QED) is 0.788. The Hall–Kier alpha value is -2.83. The molecule has 21 heavy (non-hydrogen) atoms. The van der Waals surface area contributed by atoms with E-state index < -0.39 is 0 Å². The smallest absolute Gasteiger partial charge is 0.257 e. The molecule has 7 nitrogen and oxygen atoms in total. The van der Waals surface area contributed by atoms with Gasteiger partial charge in [-0.3, -0.25) is 0 Å². The molecule has 0 bridgehead atoms. The summed E-state index contributed by atoms with van der Waals surface area (Å²) in [7, 11) is 1.77. The highest BCUT2D eigenvalue weighted by atomic mass is 15.4. The highest BCUT2D eigenvalue weighted by Gasteiger charge is 2.10. The van der Waals surface area contributed by atoms with Crippen molar-refractivity contribution in [3.05, 3.63) is 42.0 Å². The third-order valence-electron chi connectivity index (χ3n) is 2.95. The Morgan fingerprint density at radius 1 is 1.00 bits per heavy atom. The number of rotatable bonds is 3. The van der Waals surface area contributed by atoms with Crippen LogP contribution in [0.25, 0.3) is 17.3 Å². The number of nitrogens with zero attached hydrogens (tertiary/aromatic N) is 6. The zero-order valence-electron chi connectivity index (χ0n) is 12.1. The third kappa shape index (κ3) is 2.71. The molecular formula is C14H15N7. The minimum absolute atomic E-state index is 0.431. The fraction of sp³-hybridized carbons (Fsp3) is 0.214. The van der Waals surface area contributed by atoms with Crippen molar-refractivity contribution in [2.45, 2.75) is 13.8 Å². The molecule has 0 amide bonds. The van der Waals surface area contributed by atoms with Gasteiger partial charge in [0.25, 0.3) is 5.95 Å². The lowest BCUT2D eigenvalue weighted by Crippen LogP contribution is -2.08. The number of nitrogens with one attached hydrogen (secondary N) is 1. The molecule has 3 aromatic rings. The van der Waals surface area contributed by atoms with Crippen LogP contribution in [0.1, 0.15) is 11.1 Å². The summed E-state index contributed by atoms with van der Waals surface area (Å²) in [6.07, 6.45) is 3.00. The molecular weight excluding hydrogens is 266 g/mol. The van der Waals surface area contributed by atoms with Gasteiger partial charge < -0.3 is 5.32 Å². The second-order valence-corrected chi connectivity index (χ2v) is 4.75. The summed E-state index contributed by atoms with van der Waals surface area (Å²) >= 11 is 0. The van der Waals surface area contributed by atoms with E-state index in [1.54, 1.807) is 13.4 Å². The van der Waals surface area contributed by atoms with Crippen molar-refractivity contribution in [3.8, 4) is 17.3 Å². The predicted octanol–water partition coefficient (Wildman–Crippen LogP) is 1.78. The van der Waals surface area contributed by atoms with Crippen LogP contribution in [0.3, 0.4) is 0 Å². The monoisotopic (exact) mass is 281 g/mol. The van der Waals surface area contributed by atoms with Crippen molar-refractivity contribution in [2.75, 3.05) is 12.4 Å². The Balaban J connectivity index is 2.15. The van der Waals surface area contributed by atoms with E-state index in [-0.39, 0.29) is 0 Å². The molecule has 106 valence electrons. The highest BCUT2D eigenvalue weighted by Crippen LogP contribution is 2.20. The minimum atomic E-state index is 0.431. The van der Waals surface area contributed by atoms with Crippen LogP contribution in [0.5, 0.6) is 0 Å². The fourth-order valence-corrected chi connectivity index (χ4v) is 2.12. The lowest BCUT2D eigenvalue weighted by Gasteiger charge is -2.08. The zero-order chi connectivity index (χ0) is 14.8. The second kappa shape index (κ2) is 5.28. The fourth-order valence-electron chi connectivity index (χ4n) is 2.12. The topological polar surface area (TPSA) is 81.4 Å². The molecule has 0 atom stereocenters. The van der Waals surface area contributed by atoms with E-state index in [0.29, 0.717) is 17.7 Å². The largest absolute Gasteiger partial charge is 0.357 e. The van der Waals surface area contributed by atoms with Crippen molar-refractivity contribution in [1.82, 2.24) is 29.7 Å². The van der Waals surface area contributed by atoms with Gasteiger partial charge in [-0.25, -0.2) is 4.98 Å². The minimum Gasteiger partial charge on any atom is -0.357 e. The van der Waals surface area contributed by atoms with Crippen LogP contribution in [-0.2, 0) is 0 Å². The summed E-state index contributed by atoms with van der Waals surface area (Å²) in [6, 6.07) is 6.21. The molecule has 0 radical (unpaired) electrons. The number of hydrogen-bond donors (Lipinski definition) is 1. The molecule has 0 aliphatic rings. The first kappa shape index (κ1) is 13.2. The molecule has 0 saturated carbocycles. The lowest BCUT2D eigenvalue weighted by atomic mass is 10.1. The summed E-state index contributed by atoms with van der Waals surface area (Å²) in [5, 5.41) is 7.00. The Labute approximate surface area is 122 Å². The molecule has 0 unspecified atom stereocenters. The van der Waals surface area contributed by atoms with Gasteiger partial charge in [0.05, 0.1) is 0 Å². The molecule has 2 heterocycles. The van der Waals surface area contributed by atoms with E-state index in [0.717, 1.165) is 5.56 Å². The van der Waals surface area contributed by atoms with Crippen LogP contribution in [0.2, 0.25) is 0 Å². The van der Waals surface area contributed by atoms with Crippen molar-refractivity contribution in [1.29, 1.82) is 0 Å². The Kier molecular flexibility index (Phi) is 3.31. The summed E-state index contributed by atoms with van der Waals surface area (Å²) in [5.41, 5.74) is 3.28. The van der Waals surface area contributed by atoms with E-state index in [1.165, 1.54) is 22.1 Å². The number of aryl methyl sites for hydroxylation is 2. The third-order valence-corrected chi connectivity index (χ3v) is 2.95. The van der Waals surface area contributed by atoms with Crippen LogP contribution in [0, 0.1) is 13.8 Å². The van der Waals surface area contributed by atoms with Gasteiger partial charge in [0.2, 0.25) is 5.95 Å². The number of hydrogen-bond acceptors (Lipinski definition) is 6. The SMILES string of the molecule is CNc1nc(-c2cc(C)cc(C)c2)nc(-n2cncn2)n1. The molecule has 0 aliphatic carbocycles. The van der Waals surface area contributed by atoms with Crippen molar-refractivity contribution in [2.24, 2.45) is 0 Å². The predicted molar refractivity (Wildman–Crippen MR) is 79.2 cm³/mol. The van der Waals surface area contributed by atoms with E-state index in [4.69, 9.17) is 0 Å². The molecule has 0 spiro atoms. The Morgan fingerprint density at radius 2 is 1.76 bits per heavy atom. The van der Waals surface area contributed by atoms with Gasteiger partial charge in [-0.05, 0) is 26.0 Å². The van der Waals surface area contributed by atoms with Gasteiger partial charge in [-0.1, -0.05) is 17.2 Å². The van der Waals surface area contributed by atoms with Crippen LogP contribution < -0.4 is 5.32 Å². The lowest BCUT2D eigenvalue weighted by molar-refractivity contribution is 0.798. The highest BCUT2D eigenvalue weighted by molar-refractivity contribution is 5.59. The van der Waals surface area contributed by atoms with Gasteiger partial charge in [-0.15, -0.1) is 0 Å². The average molecular weight is 281 g/mol.